The highest BCUT2D eigenvalue weighted by Gasteiger charge is 2.21. The second kappa shape index (κ2) is 5.69. The summed E-state index contributed by atoms with van der Waals surface area (Å²) in [6, 6.07) is 6.04. The van der Waals surface area contributed by atoms with Crippen molar-refractivity contribution in [2.75, 3.05) is 38.6 Å². The first kappa shape index (κ1) is 12.7. The lowest BCUT2D eigenvalue weighted by Gasteiger charge is -2.22. The SMILES string of the molecule is CN1CCC(CN(C)c2cccc(CCl)n2)C1. The molecule has 0 saturated carbocycles. The van der Waals surface area contributed by atoms with Gasteiger partial charge in [-0.15, -0.1) is 11.6 Å². The van der Waals surface area contributed by atoms with Crippen LogP contribution in [0.15, 0.2) is 18.2 Å². The van der Waals surface area contributed by atoms with Gasteiger partial charge < -0.3 is 9.80 Å². The predicted octanol–water partition coefficient (Wildman–Crippen LogP) is 2.21. The maximum Gasteiger partial charge on any atom is 0.128 e. The Morgan fingerprint density at radius 3 is 3.00 bits per heavy atom. The fraction of sp³-hybridized carbons (Fsp3) is 0.615. The molecule has 0 spiro atoms. The average Bonchev–Trinajstić information content (AvgIpc) is 2.75. The number of nitrogens with zero attached hydrogens (tertiary/aromatic N) is 3. The van der Waals surface area contributed by atoms with Crippen molar-refractivity contribution in [1.29, 1.82) is 0 Å². The molecule has 3 nitrogen and oxygen atoms in total. The lowest BCUT2D eigenvalue weighted by molar-refractivity contribution is 0.395. The third-order valence-electron chi connectivity index (χ3n) is 3.34. The van der Waals surface area contributed by atoms with E-state index in [9.17, 15) is 0 Å². The van der Waals surface area contributed by atoms with Gasteiger partial charge in [0.2, 0.25) is 0 Å². The van der Waals surface area contributed by atoms with Gasteiger partial charge in [-0.25, -0.2) is 4.98 Å². The molecule has 1 saturated heterocycles. The Morgan fingerprint density at radius 1 is 1.53 bits per heavy atom. The van der Waals surface area contributed by atoms with Gasteiger partial charge in [0.15, 0.2) is 0 Å². The maximum absolute atomic E-state index is 5.81. The molecule has 94 valence electrons. The maximum atomic E-state index is 5.81. The van der Waals surface area contributed by atoms with Crippen LogP contribution >= 0.6 is 11.6 Å². The molecular formula is C13H20ClN3. The van der Waals surface area contributed by atoms with E-state index in [0.29, 0.717) is 5.88 Å². The van der Waals surface area contributed by atoms with E-state index >= 15 is 0 Å². The highest BCUT2D eigenvalue weighted by molar-refractivity contribution is 6.16. The first-order chi connectivity index (χ1) is 8.19. The molecule has 0 amide bonds. The van der Waals surface area contributed by atoms with Crippen LogP contribution in [0.1, 0.15) is 12.1 Å². The van der Waals surface area contributed by atoms with Crippen molar-refractivity contribution in [2.45, 2.75) is 12.3 Å². The molecule has 17 heavy (non-hydrogen) atoms. The van der Waals surface area contributed by atoms with Crippen molar-refractivity contribution in [2.24, 2.45) is 5.92 Å². The Bertz CT molecular complexity index is 369. The van der Waals surface area contributed by atoms with Crippen molar-refractivity contribution < 1.29 is 0 Å². The van der Waals surface area contributed by atoms with Crippen molar-refractivity contribution in [3.8, 4) is 0 Å². The largest absolute Gasteiger partial charge is 0.359 e. The Kier molecular flexibility index (Phi) is 4.24. The highest BCUT2D eigenvalue weighted by Crippen LogP contribution is 2.18. The van der Waals surface area contributed by atoms with Crippen LogP contribution in [-0.2, 0) is 5.88 Å². The number of hydrogen-bond acceptors (Lipinski definition) is 3. The number of pyridine rings is 1. The third-order valence-corrected chi connectivity index (χ3v) is 3.61. The van der Waals surface area contributed by atoms with Gasteiger partial charge in [-0.1, -0.05) is 6.07 Å². The Morgan fingerprint density at radius 2 is 2.35 bits per heavy atom. The molecule has 0 N–H and O–H groups in total. The van der Waals surface area contributed by atoms with E-state index in [1.54, 1.807) is 0 Å². The second-order valence-corrected chi connectivity index (χ2v) is 5.19. The lowest BCUT2D eigenvalue weighted by Crippen LogP contribution is -2.27. The zero-order valence-electron chi connectivity index (χ0n) is 10.6. The van der Waals surface area contributed by atoms with Crippen LogP contribution in [-0.4, -0.2) is 43.6 Å². The minimum Gasteiger partial charge on any atom is -0.359 e. The van der Waals surface area contributed by atoms with Crippen LogP contribution in [0.2, 0.25) is 0 Å². The van der Waals surface area contributed by atoms with E-state index in [2.05, 4.69) is 34.9 Å². The number of alkyl halides is 1. The zero-order valence-corrected chi connectivity index (χ0v) is 11.3. The van der Waals surface area contributed by atoms with Gasteiger partial charge in [0.25, 0.3) is 0 Å². The molecule has 4 heteroatoms. The molecule has 2 heterocycles. The van der Waals surface area contributed by atoms with E-state index < -0.39 is 0 Å². The van der Waals surface area contributed by atoms with Crippen LogP contribution in [0, 0.1) is 5.92 Å². The van der Waals surface area contributed by atoms with Crippen LogP contribution in [0.4, 0.5) is 5.82 Å². The van der Waals surface area contributed by atoms with E-state index in [-0.39, 0.29) is 0 Å². The minimum absolute atomic E-state index is 0.480. The van der Waals surface area contributed by atoms with Crippen molar-refractivity contribution in [1.82, 2.24) is 9.88 Å². The molecule has 2 rings (SSSR count). The topological polar surface area (TPSA) is 19.4 Å². The summed E-state index contributed by atoms with van der Waals surface area (Å²) in [5.74, 6) is 2.26. The van der Waals surface area contributed by atoms with Crippen molar-refractivity contribution in [3.63, 3.8) is 0 Å². The first-order valence-corrected chi connectivity index (χ1v) is 6.64. The van der Waals surface area contributed by atoms with E-state index in [4.69, 9.17) is 11.6 Å². The molecular weight excluding hydrogens is 234 g/mol. The Labute approximate surface area is 108 Å². The van der Waals surface area contributed by atoms with Crippen LogP contribution < -0.4 is 4.90 Å². The smallest absolute Gasteiger partial charge is 0.128 e. The summed E-state index contributed by atoms with van der Waals surface area (Å²) in [5.41, 5.74) is 0.944. The third kappa shape index (κ3) is 3.33. The summed E-state index contributed by atoms with van der Waals surface area (Å²) in [5, 5.41) is 0. The molecule has 1 aliphatic heterocycles. The zero-order chi connectivity index (χ0) is 12.3. The number of halogens is 1. The van der Waals surface area contributed by atoms with E-state index in [0.717, 1.165) is 24.0 Å². The van der Waals surface area contributed by atoms with E-state index in [1.807, 2.05) is 12.1 Å². The van der Waals surface area contributed by atoms with Gasteiger partial charge in [-0.3, -0.25) is 0 Å². The second-order valence-electron chi connectivity index (χ2n) is 4.92. The standard InChI is InChI=1S/C13H20ClN3/c1-16-7-6-11(9-16)10-17(2)13-5-3-4-12(8-14)15-13/h3-5,11H,6-10H2,1-2H3. The van der Waals surface area contributed by atoms with Gasteiger partial charge in [-0.2, -0.15) is 0 Å². The van der Waals surface area contributed by atoms with Gasteiger partial charge >= 0.3 is 0 Å². The van der Waals surface area contributed by atoms with Crippen LogP contribution in [0.25, 0.3) is 0 Å². The lowest BCUT2D eigenvalue weighted by atomic mass is 10.1. The van der Waals surface area contributed by atoms with Crippen molar-refractivity contribution in [3.05, 3.63) is 23.9 Å². The Balaban J connectivity index is 1.96. The normalized spacial score (nSPS) is 20.8. The number of rotatable bonds is 4. The van der Waals surface area contributed by atoms with Crippen LogP contribution in [0.5, 0.6) is 0 Å². The molecule has 1 unspecified atom stereocenters. The van der Waals surface area contributed by atoms with Gasteiger partial charge in [0.05, 0.1) is 11.6 Å². The molecule has 1 aliphatic rings. The molecule has 1 aromatic heterocycles. The van der Waals surface area contributed by atoms with Gasteiger partial charge in [0.1, 0.15) is 5.82 Å². The summed E-state index contributed by atoms with van der Waals surface area (Å²) in [6.07, 6.45) is 1.29. The minimum atomic E-state index is 0.480. The quantitative estimate of drug-likeness (QED) is 0.767. The van der Waals surface area contributed by atoms with Crippen molar-refractivity contribution >= 4 is 17.4 Å². The summed E-state index contributed by atoms with van der Waals surface area (Å²) in [4.78, 5) is 9.16. The average molecular weight is 254 g/mol. The summed E-state index contributed by atoms with van der Waals surface area (Å²) >= 11 is 5.81. The predicted molar refractivity (Wildman–Crippen MR) is 72.7 cm³/mol. The molecule has 0 bridgehead atoms. The number of hydrogen-bond donors (Lipinski definition) is 0. The first-order valence-electron chi connectivity index (χ1n) is 6.10. The Hall–Kier alpha value is -0.800. The van der Waals surface area contributed by atoms with E-state index in [1.165, 1.54) is 19.5 Å². The van der Waals surface area contributed by atoms with Gasteiger partial charge in [-0.05, 0) is 38.1 Å². The molecule has 0 radical (unpaired) electrons. The molecule has 1 aromatic rings. The number of likely N-dealkylation sites (tertiary alicyclic amines) is 1. The monoisotopic (exact) mass is 253 g/mol. The summed E-state index contributed by atoms with van der Waals surface area (Å²) < 4.78 is 0. The molecule has 0 aliphatic carbocycles. The molecule has 1 atom stereocenters. The van der Waals surface area contributed by atoms with Gasteiger partial charge in [0, 0.05) is 20.1 Å². The summed E-state index contributed by atoms with van der Waals surface area (Å²) in [6.45, 7) is 3.48. The number of anilines is 1. The fourth-order valence-electron chi connectivity index (χ4n) is 2.41. The number of aromatic nitrogens is 1. The van der Waals surface area contributed by atoms with Crippen LogP contribution in [0.3, 0.4) is 0 Å². The summed E-state index contributed by atoms with van der Waals surface area (Å²) in [7, 11) is 4.30. The molecule has 0 aromatic carbocycles. The fourth-order valence-corrected chi connectivity index (χ4v) is 2.56. The highest BCUT2D eigenvalue weighted by atomic mass is 35.5. The molecule has 1 fully saturated rings.